The van der Waals surface area contributed by atoms with Gasteiger partial charge in [0.25, 0.3) is 0 Å². The monoisotopic (exact) mass is 402 g/mol. The number of nitrogens with zero attached hydrogens (tertiary/aromatic N) is 2. The summed E-state index contributed by atoms with van der Waals surface area (Å²) in [7, 11) is 0. The second-order valence-electron chi connectivity index (χ2n) is 6.27. The van der Waals surface area contributed by atoms with Crippen molar-refractivity contribution in [2.45, 2.75) is 0 Å². The molecule has 4 aromatic carbocycles. The summed E-state index contributed by atoms with van der Waals surface area (Å²) < 4.78 is 11.8. The fraction of sp³-hybridized carbons (Fsp3) is 0. The maximum atomic E-state index is 11.4. The van der Waals surface area contributed by atoms with E-state index in [1.54, 1.807) is 42.5 Å². The molecule has 4 aromatic rings. The molecule has 0 amide bonds. The minimum Gasteiger partial charge on any atom is -0.446 e. The molecule has 8 nitrogen and oxygen atoms in total. The number of ether oxygens (including phenoxy) is 2. The second-order valence-corrected chi connectivity index (χ2v) is 6.27. The minimum atomic E-state index is -0.543. The summed E-state index contributed by atoms with van der Waals surface area (Å²) in [6, 6.07) is 22.6. The SMILES string of the molecule is O=[N+]([O-])c1ccccc1Oc1ccc2ccccc2c1Oc1ccccc1[N+](=O)[O-]. The number of fused-ring (bicyclic) bond motifs is 1. The van der Waals surface area contributed by atoms with Gasteiger partial charge in [-0.25, -0.2) is 0 Å². The Morgan fingerprint density at radius 1 is 0.567 bits per heavy atom. The summed E-state index contributed by atoms with van der Waals surface area (Å²) in [6.07, 6.45) is 0. The van der Waals surface area contributed by atoms with Gasteiger partial charge >= 0.3 is 11.4 Å². The highest BCUT2D eigenvalue weighted by atomic mass is 16.6. The topological polar surface area (TPSA) is 105 Å². The fourth-order valence-electron chi connectivity index (χ4n) is 3.03. The Morgan fingerprint density at radius 3 is 1.73 bits per heavy atom. The van der Waals surface area contributed by atoms with Gasteiger partial charge in [0.2, 0.25) is 11.5 Å². The summed E-state index contributed by atoms with van der Waals surface area (Å²) in [5, 5.41) is 24.2. The molecule has 0 aliphatic rings. The first-order valence-corrected chi connectivity index (χ1v) is 8.89. The molecule has 0 bridgehead atoms. The van der Waals surface area contributed by atoms with Gasteiger partial charge in [0, 0.05) is 17.5 Å². The molecule has 0 aliphatic carbocycles. The van der Waals surface area contributed by atoms with Crippen molar-refractivity contribution in [3.63, 3.8) is 0 Å². The second kappa shape index (κ2) is 7.88. The van der Waals surface area contributed by atoms with Crippen LogP contribution in [0.3, 0.4) is 0 Å². The number of nitro groups is 2. The molecule has 0 saturated carbocycles. The largest absolute Gasteiger partial charge is 0.446 e. The van der Waals surface area contributed by atoms with Gasteiger partial charge in [-0.3, -0.25) is 20.2 Å². The Kier molecular flexibility index (Phi) is 4.96. The Morgan fingerprint density at radius 2 is 1.10 bits per heavy atom. The van der Waals surface area contributed by atoms with Gasteiger partial charge < -0.3 is 9.47 Å². The zero-order valence-corrected chi connectivity index (χ0v) is 15.4. The van der Waals surface area contributed by atoms with Crippen LogP contribution in [0, 0.1) is 20.2 Å². The van der Waals surface area contributed by atoms with E-state index in [9.17, 15) is 20.2 Å². The summed E-state index contributed by atoms with van der Waals surface area (Å²) in [6.45, 7) is 0. The van der Waals surface area contributed by atoms with E-state index in [0.29, 0.717) is 5.39 Å². The smallest absolute Gasteiger partial charge is 0.311 e. The van der Waals surface area contributed by atoms with Crippen LogP contribution in [-0.4, -0.2) is 9.85 Å². The molecular weight excluding hydrogens is 388 g/mol. The first-order chi connectivity index (χ1) is 14.5. The van der Waals surface area contributed by atoms with Crippen LogP contribution in [0.15, 0.2) is 84.9 Å². The lowest BCUT2D eigenvalue weighted by molar-refractivity contribution is -0.385. The molecule has 30 heavy (non-hydrogen) atoms. The lowest BCUT2D eigenvalue weighted by Crippen LogP contribution is -1.97. The molecule has 0 spiro atoms. The van der Waals surface area contributed by atoms with Crippen molar-refractivity contribution < 1.29 is 19.3 Å². The van der Waals surface area contributed by atoms with E-state index in [2.05, 4.69) is 0 Å². The molecule has 0 heterocycles. The van der Waals surface area contributed by atoms with Crippen molar-refractivity contribution in [1.29, 1.82) is 0 Å². The van der Waals surface area contributed by atoms with Gasteiger partial charge in [-0.1, -0.05) is 54.6 Å². The van der Waals surface area contributed by atoms with Crippen molar-refractivity contribution in [1.82, 2.24) is 0 Å². The molecule has 0 atom stereocenters. The van der Waals surface area contributed by atoms with Gasteiger partial charge in [0.05, 0.1) is 9.85 Å². The van der Waals surface area contributed by atoms with Crippen LogP contribution in [0.5, 0.6) is 23.0 Å². The molecule has 0 N–H and O–H groups in total. The Bertz CT molecular complexity index is 1270. The highest BCUT2D eigenvalue weighted by Crippen LogP contribution is 2.44. The van der Waals surface area contributed by atoms with E-state index < -0.39 is 9.85 Å². The highest BCUT2D eigenvalue weighted by Gasteiger charge is 2.21. The average Bonchev–Trinajstić information content (AvgIpc) is 2.76. The third kappa shape index (κ3) is 3.61. The molecule has 0 aromatic heterocycles. The first kappa shape index (κ1) is 18.9. The average molecular weight is 402 g/mol. The highest BCUT2D eigenvalue weighted by molar-refractivity contribution is 5.91. The van der Waals surface area contributed by atoms with Crippen molar-refractivity contribution in [2.24, 2.45) is 0 Å². The number of benzene rings is 4. The first-order valence-electron chi connectivity index (χ1n) is 8.89. The van der Waals surface area contributed by atoms with Gasteiger partial charge in [-0.15, -0.1) is 0 Å². The number of para-hydroxylation sites is 4. The summed E-state index contributed by atoms with van der Waals surface area (Å²) in [5.41, 5.74) is -0.413. The zero-order chi connectivity index (χ0) is 21.1. The molecule has 0 fully saturated rings. The van der Waals surface area contributed by atoms with Crippen LogP contribution in [-0.2, 0) is 0 Å². The number of rotatable bonds is 6. The predicted molar refractivity (Wildman–Crippen MR) is 110 cm³/mol. The van der Waals surface area contributed by atoms with Crippen LogP contribution in [0.2, 0.25) is 0 Å². The van der Waals surface area contributed by atoms with Crippen molar-refractivity contribution in [3.05, 3.63) is 105 Å². The van der Waals surface area contributed by atoms with Gasteiger partial charge in [0.15, 0.2) is 11.5 Å². The minimum absolute atomic E-state index is 0.0326. The van der Waals surface area contributed by atoms with Crippen molar-refractivity contribution in [3.8, 4) is 23.0 Å². The number of nitro benzene ring substituents is 2. The standard InChI is InChI=1S/C22H14N2O6/c25-23(26)17-9-3-5-11-19(17)29-21-14-13-15-7-1-2-8-16(15)22(21)30-20-12-6-4-10-18(20)24(27)28/h1-14H. The van der Waals surface area contributed by atoms with Gasteiger partial charge in [0.1, 0.15) is 0 Å². The molecule has 0 radical (unpaired) electrons. The Hall–Kier alpha value is -4.46. The normalized spacial score (nSPS) is 10.5. The predicted octanol–water partition coefficient (Wildman–Crippen LogP) is 6.24. The van der Waals surface area contributed by atoms with E-state index >= 15 is 0 Å². The van der Waals surface area contributed by atoms with Crippen molar-refractivity contribution >= 4 is 22.1 Å². The van der Waals surface area contributed by atoms with E-state index in [0.717, 1.165) is 5.39 Å². The Labute approximate surface area is 170 Å². The lowest BCUT2D eigenvalue weighted by Gasteiger charge is -2.15. The van der Waals surface area contributed by atoms with E-state index in [1.165, 1.54) is 30.3 Å². The number of hydrogen-bond acceptors (Lipinski definition) is 6. The molecule has 0 aliphatic heterocycles. The van der Waals surface area contributed by atoms with Crippen LogP contribution in [0.4, 0.5) is 11.4 Å². The zero-order valence-electron chi connectivity index (χ0n) is 15.4. The maximum absolute atomic E-state index is 11.4. The fourth-order valence-corrected chi connectivity index (χ4v) is 3.03. The van der Waals surface area contributed by atoms with Crippen molar-refractivity contribution in [2.75, 3.05) is 0 Å². The molecule has 0 saturated heterocycles. The van der Waals surface area contributed by atoms with E-state index in [4.69, 9.17) is 9.47 Å². The lowest BCUT2D eigenvalue weighted by atomic mass is 10.1. The summed E-state index contributed by atoms with van der Waals surface area (Å²) in [4.78, 5) is 21.6. The summed E-state index contributed by atoms with van der Waals surface area (Å²) in [5.74, 6) is 0.484. The molecule has 0 unspecified atom stereocenters. The quantitative estimate of drug-likeness (QED) is 0.279. The van der Waals surface area contributed by atoms with Crippen LogP contribution >= 0.6 is 0 Å². The van der Waals surface area contributed by atoms with Gasteiger partial charge in [-0.05, 0) is 23.6 Å². The molecule has 4 rings (SSSR count). The third-order valence-electron chi connectivity index (χ3n) is 4.40. The van der Waals surface area contributed by atoms with Crippen LogP contribution in [0.25, 0.3) is 10.8 Å². The molecule has 8 heteroatoms. The molecular formula is C22H14N2O6. The maximum Gasteiger partial charge on any atom is 0.311 e. The van der Waals surface area contributed by atoms with E-state index in [1.807, 2.05) is 12.1 Å². The Balaban J connectivity index is 1.86. The van der Waals surface area contributed by atoms with E-state index in [-0.39, 0.29) is 34.4 Å². The van der Waals surface area contributed by atoms with Gasteiger partial charge in [-0.2, -0.15) is 0 Å². The number of hydrogen-bond donors (Lipinski definition) is 0. The van der Waals surface area contributed by atoms with Crippen LogP contribution in [0.1, 0.15) is 0 Å². The molecule has 148 valence electrons. The third-order valence-corrected chi connectivity index (χ3v) is 4.40. The summed E-state index contributed by atoms with van der Waals surface area (Å²) >= 11 is 0. The van der Waals surface area contributed by atoms with Crippen LogP contribution < -0.4 is 9.47 Å².